The number of anilines is 2. The molecule has 0 spiro atoms. The molecule has 0 saturated heterocycles. The summed E-state index contributed by atoms with van der Waals surface area (Å²) in [5, 5.41) is 5.32. The number of rotatable bonds is 2. The van der Waals surface area contributed by atoms with Crippen molar-refractivity contribution >= 4 is 40.3 Å². The van der Waals surface area contributed by atoms with Crippen molar-refractivity contribution in [1.82, 2.24) is 0 Å². The summed E-state index contributed by atoms with van der Waals surface area (Å²) in [4.78, 5) is 0. The molecule has 98 valence electrons. The van der Waals surface area contributed by atoms with E-state index in [0.717, 1.165) is 0 Å². The molecule has 0 heterocycles. The third kappa shape index (κ3) is 3.39. The summed E-state index contributed by atoms with van der Waals surface area (Å²) in [6.45, 7) is 0. The molecule has 0 aliphatic heterocycles. The average Bonchev–Trinajstić information content (AvgIpc) is 2.38. The van der Waals surface area contributed by atoms with Gasteiger partial charge < -0.3 is 10.6 Å². The van der Waals surface area contributed by atoms with Crippen molar-refractivity contribution in [2.24, 2.45) is 0 Å². The summed E-state index contributed by atoms with van der Waals surface area (Å²) in [6.07, 6.45) is 0. The minimum absolute atomic E-state index is 0.0151. The van der Waals surface area contributed by atoms with Crippen LogP contribution in [-0.4, -0.2) is 5.11 Å². The van der Waals surface area contributed by atoms with E-state index in [1.807, 2.05) is 0 Å². The number of thiocarbonyl (C=S) groups is 1. The van der Waals surface area contributed by atoms with Crippen molar-refractivity contribution in [2.75, 3.05) is 10.6 Å². The fourth-order valence-corrected chi connectivity index (χ4v) is 1.83. The fraction of sp³-hybridized carbons (Fsp3) is 0. The molecule has 0 aromatic heterocycles. The molecule has 0 fully saturated rings. The molecule has 0 bridgehead atoms. The summed E-state index contributed by atoms with van der Waals surface area (Å²) in [7, 11) is 0. The number of benzene rings is 2. The van der Waals surface area contributed by atoms with Crippen molar-refractivity contribution in [2.45, 2.75) is 0 Å². The van der Waals surface area contributed by atoms with E-state index in [1.165, 1.54) is 24.3 Å². The van der Waals surface area contributed by atoms with Gasteiger partial charge in [0.15, 0.2) is 10.9 Å². The van der Waals surface area contributed by atoms with Crippen molar-refractivity contribution in [3.05, 3.63) is 59.1 Å². The molecule has 2 nitrogen and oxygen atoms in total. The maximum absolute atomic E-state index is 13.6. The first-order valence-electron chi connectivity index (χ1n) is 5.34. The molecule has 0 aliphatic carbocycles. The van der Waals surface area contributed by atoms with E-state index < -0.39 is 11.6 Å². The minimum atomic E-state index is -0.609. The van der Waals surface area contributed by atoms with E-state index in [2.05, 4.69) is 10.6 Å². The number of halogens is 3. The molecule has 2 N–H and O–H groups in total. The van der Waals surface area contributed by atoms with E-state index in [-0.39, 0.29) is 21.5 Å². The van der Waals surface area contributed by atoms with Gasteiger partial charge >= 0.3 is 0 Å². The second kappa shape index (κ2) is 5.95. The molecule has 0 aliphatic rings. The first-order chi connectivity index (χ1) is 9.08. The van der Waals surface area contributed by atoms with E-state index in [1.54, 1.807) is 18.2 Å². The lowest BCUT2D eigenvalue weighted by molar-refractivity contribution is 0.632. The third-order valence-electron chi connectivity index (χ3n) is 2.32. The van der Waals surface area contributed by atoms with Gasteiger partial charge in [-0.2, -0.15) is 0 Å². The molecule has 0 atom stereocenters. The van der Waals surface area contributed by atoms with E-state index >= 15 is 0 Å². The predicted octanol–water partition coefficient (Wildman–Crippen LogP) is 4.43. The highest BCUT2D eigenvalue weighted by molar-refractivity contribution is 7.80. The lowest BCUT2D eigenvalue weighted by atomic mass is 10.3. The van der Waals surface area contributed by atoms with E-state index in [9.17, 15) is 8.78 Å². The molecule has 2 aromatic carbocycles. The number of hydrogen-bond acceptors (Lipinski definition) is 1. The van der Waals surface area contributed by atoms with Crippen LogP contribution in [0.2, 0.25) is 5.02 Å². The van der Waals surface area contributed by atoms with Crippen molar-refractivity contribution in [3.8, 4) is 0 Å². The standard InChI is InChI=1S/C13H9ClF2N2S/c14-8-4-3-7-11(12(8)16)18-13(19)17-10-6-2-1-5-9(10)15/h1-7H,(H2,17,18,19). The molecule has 2 rings (SSSR count). The quantitative estimate of drug-likeness (QED) is 0.802. The Labute approximate surface area is 119 Å². The Morgan fingerprint density at radius 2 is 1.58 bits per heavy atom. The summed E-state index contributed by atoms with van der Waals surface area (Å²) < 4.78 is 27.0. The van der Waals surface area contributed by atoms with Crippen molar-refractivity contribution in [1.29, 1.82) is 0 Å². The predicted molar refractivity (Wildman–Crippen MR) is 77.7 cm³/mol. The number of para-hydroxylation sites is 1. The van der Waals surface area contributed by atoms with Crippen LogP contribution < -0.4 is 10.6 Å². The molecule has 0 radical (unpaired) electrons. The highest BCUT2D eigenvalue weighted by Gasteiger charge is 2.08. The minimum Gasteiger partial charge on any atom is -0.330 e. The van der Waals surface area contributed by atoms with Crippen LogP contribution in [0.25, 0.3) is 0 Å². The van der Waals surface area contributed by atoms with Crippen LogP contribution in [0.1, 0.15) is 0 Å². The Morgan fingerprint density at radius 1 is 0.947 bits per heavy atom. The van der Waals surface area contributed by atoms with Gasteiger partial charge in [0.2, 0.25) is 0 Å². The zero-order valence-corrected chi connectivity index (χ0v) is 11.2. The molecule has 0 unspecified atom stereocenters. The largest absolute Gasteiger partial charge is 0.330 e. The van der Waals surface area contributed by atoms with Gasteiger partial charge in [-0.1, -0.05) is 29.8 Å². The normalized spacial score (nSPS) is 10.1. The first-order valence-corrected chi connectivity index (χ1v) is 6.13. The van der Waals surface area contributed by atoms with Crippen LogP contribution in [-0.2, 0) is 0 Å². The molecular weight excluding hydrogens is 290 g/mol. The molecule has 0 amide bonds. The van der Waals surface area contributed by atoms with Crippen molar-refractivity contribution < 1.29 is 8.78 Å². The van der Waals surface area contributed by atoms with E-state index in [4.69, 9.17) is 23.8 Å². The molecular formula is C13H9ClF2N2S. The van der Waals surface area contributed by atoms with Gasteiger partial charge in [0.1, 0.15) is 5.82 Å². The van der Waals surface area contributed by atoms with Crippen LogP contribution in [0.15, 0.2) is 42.5 Å². The van der Waals surface area contributed by atoms with Crippen LogP contribution in [0.3, 0.4) is 0 Å². The summed E-state index contributed by atoms with van der Waals surface area (Å²) >= 11 is 10.6. The highest BCUT2D eigenvalue weighted by Crippen LogP contribution is 2.22. The summed E-state index contributed by atoms with van der Waals surface area (Å²) in [5.41, 5.74) is 0.337. The smallest absolute Gasteiger partial charge is 0.175 e. The Bertz CT molecular complexity index is 619. The molecule has 0 saturated carbocycles. The Morgan fingerprint density at radius 3 is 2.32 bits per heavy atom. The Balaban J connectivity index is 2.10. The zero-order valence-electron chi connectivity index (χ0n) is 9.58. The third-order valence-corrected chi connectivity index (χ3v) is 2.82. The molecule has 2 aromatic rings. The van der Waals surface area contributed by atoms with Gasteiger partial charge in [-0.25, -0.2) is 8.78 Å². The van der Waals surface area contributed by atoms with Crippen LogP contribution in [0.4, 0.5) is 20.2 Å². The summed E-state index contributed by atoms with van der Waals surface area (Å²) in [5.74, 6) is -1.06. The second-order valence-corrected chi connectivity index (χ2v) is 4.48. The number of nitrogens with one attached hydrogen (secondary N) is 2. The van der Waals surface area contributed by atoms with Gasteiger partial charge in [-0.15, -0.1) is 0 Å². The highest BCUT2D eigenvalue weighted by atomic mass is 35.5. The van der Waals surface area contributed by atoms with E-state index in [0.29, 0.717) is 0 Å². The van der Waals surface area contributed by atoms with Crippen LogP contribution in [0.5, 0.6) is 0 Å². The van der Waals surface area contributed by atoms with Crippen LogP contribution >= 0.6 is 23.8 Å². The lowest BCUT2D eigenvalue weighted by Crippen LogP contribution is -2.20. The first kappa shape index (κ1) is 13.7. The van der Waals surface area contributed by atoms with Gasteiger partial charge in [0.05, 0.1) is 16.4 Å². The van der Waals surface area contributed by atoms with Gasteiger partial charge in [0.25, 0.3) is 0 Å². The Kier molecular flexibility index (Phi) is 4.29. The summed E-state index contributed by atoms with van der Waals surface area (Å²) in [6, 6.07) is 10.5. The fourth-order valence-electron chi connectivity index (χ4n) is 1.44. The lowest BCUT2D eigenvalue weighted by Gasteiger charge is -2.12. The maximum atomic E-state index is 13.6. The monoisotopic (exact) mass is 298 g/mol. The van der Waals surface area contributed by atoms with Crippen LogP contribution in [0, 0.1) is 11.6 Å². The van der Waals surface area contributed by atoms with Gasteiger partial charge in [0, 0.05) is 0 Å². The van der Waals surface area contributed by atoms with Gasteiger partial charge in [-0.05, 0) is 36.5 Å². The molecule has 19 heavy (non-hydrogen) atoms. The average molecular weight is 299 g/mol. The van der Waals surface area contributed by atoms with Crippen molar-refractivity contribution in [3.63, 3.8) is 0 Å². The Hall–Kier alpha value is -1.72. The van der Waals surface area contributed by atoms with Gasteiger partial charge in [-0.3, -0.25) is 0 Å². The SMILES string of the molecule is Fc1ccccc1NC(=S)Nc1cccc(Cl)c1F. The topological polar surface area (TPSA) is 24.1 Å². The second-order valence-electron chi connectivity index (χ2n) is 3.66. The zero-order chi connectivity index (χ0) is 13.8. The molecule has 6 heteroatoms. The maximum Gasteiger partial charge on any atom is 0.175 e. The number of hydrogen-bond donors (Lipinski definition) is 2.